The molecule has 3 amide bonds. The predicted octanol–water partition coefficient (Wildman–Crippen LogP) is 0.632. The normalized spacial score (nSPS) is 22.9. The molecule has 2 unspecified atom stereocenters. The van der Waals surface area contributed by atoms with Crippen molar-refractivity contribution < 1.29 is 19.5 Å². The molecule has 1 fully saturated rings. The molecule has 1 saturated heterocycles. The lowest BCUT2D eigenvalue weighted by Crippen LogP contribution is -2.58. The fourth-order valence-electron chi connectivity index (χ4n) is 2.79. The third-order valence-corrected chi connectivity index (χ3v) is 4.61. The molecule has 2 atom stereocenters. The van der Waals surface area contributed by atoms with E-state index < -0.39 is 23.6 Å². The van der Waals surface area contributed by atoms with E-state index in [1.54, 1.807) is 18.7 Å². The standard InChI is InChI=1S/C13H23N3O4S/c1-3-13(11(18)19)6-4-7-16(13)10(17)9(5-8-21-2)15-12(14)20/h9H,3-8H2,1-2H3,(H,18,19)(H3,14,15,20). The average Bonchev–Trinajstić information content (AvgIpc) is 2.87. The van der Waals surface area contributed by atoms with E-state index in [0.717, 1.165) is 0 Å². The smallest absolute Gasteiger partial charge is 0.329 e. The Bertz CT molecular complexity index is 418. The summed E-state index contributed by atoms with van der Waals surface area (Å²) < 4.78 is 0. The molecule has 7 nitrogen and oxygen atoms in total. The van der Waals surface area contributed by atoms with Crippen molar-refractivity contribution in [2.24, 2.45) is 5.73 Å². The van der Waals surface area contributed by atoms with Crippen molar-refractivity contribution in [1.82, 2.24) is 10.2 Å². The molecular weight excluding hydrogens is 294 g/mol. The topological polar surface area (TPSA) is 113 Å². The van der Waals surface area contributed by atoms with Gasteiger partial charge in [-0.1, -0.05) is 6.92 Å². The molecular formula is C13H23N3O4S. The minimum atomic E-state index is -1.16. The molecule has 8 heteroatoms. The lowest BCUT2D eigenvalue weighted by Gasteiger charge is -2.36. The Morgan fingerprint density at radius 2 is 2.14 bits per heavy atom. The molecule has 0 saturated carbocycles. The van der Waals surface area contributed by atoms with Gasteiger partial charge in [-0.15, -0.1) is 0 Å². The van der Waals surface area contributed by atoms with E-state index in [0.29, 0.717) is 38.0 Å². The fraction of sp³-hybridized carbons (Fsp3) is 0.769. The highest BCUT2D eigenvalue weighted by Gasteiger charge is 2.49. The number of nitrogens with one attached hydrogen (secondary N) is 1. The maximum absolute atomic E-state index is 12.6. The number of primary amides is 1. The zero-order valence-corrected chi connectivity index (χ0v) is 13.2. The first-order valence-corrected chi connectivity index (χ1v) is 8.38. The number of nitrogens with two attached hydrogens (primary N) is 1. The Kier molecular flexibility index (Phi) is 6.32. The number of urea groups is 1. The molecule has 0 spiro atoms. The number of nitrogens with zero attached hydrogens (tertiary/aromatic N) is 1. The van der Waals surface area contributed by atoms with Crippen molar-refractivity contribution in [1.29, 1.82) is 0 Å². The molecule has 0 radical (unpaired) electrons. The summed E-state index contributed by atoms with van der Waals surface area (Å²) in [5.41, 5.74) is 3.96. The van der Waals surface area contributed by atoms with Gasteiger partial charge < -0.3 is 21.1 Å². The number of rotatable bonds is 7. The predicted molar refractivity (Wildman–Crippen MR) is 81.1 cm³/mol. The van der Waals surface area contributed by atoms with Crippen LogP contribution in [0, 0.1) is 0 Å². The van der Waals surface area contributed by atoms with Crippen LogP contribution in [0.1, 0.15) is 32.6 Å². The zero-order chi connectivity index (χ0) is 16.0. The summed E-state index contributed by atoms with van der Waals surface area (Å²) in [5.74, 6) is -0.667. The molecule has 0 aromatic heterocycles. The fourth-order valence-corrected chi connectivity index (χ4v) is 3.27. The summed E-state index contributed by atoms with van der Waals surface area (Å²) in [7, 11) is 0. The molecule has 21 heavy (non-hydrogen) atoms. The number of carboxylic acids is 1. The number of carbonyl (C=O) groups is 3. The molecule has 1 aliphatic rings. The number of carboxylic acid groups (broad SMARTS) is 1. The van der Waals surface area contributed by atoms with Crippen molar-refractivity contribution >= 4 is 29.7 Å². The SMILES string of the molecule is CCC1(C(=O)O)CCCN1C(=O)C(CCSC)NC(N)=O. The summed E-state index contributed by atoms with van der Waals surface area (Å²) in [5, 5.41) is 11.9. The van der Waals surface area contributed by atoms with E-state index >= 15 is 0 Å². The highest BCUT2D eigenvalue weighted by molar-refractivity contribution is 7.98. The van der Waals surface area contributed by atoms with E-state index in [2.05, 4.69) is 5.32 Å². The quantitative estimate of drug-likeness (QED) is 0.637. The first-order chi connectivity index (χ1) is 9.89. The third kappa shape index (κ3) is 3.81. The van der Waals surface area contributed by atoms with Gasteiger partial charge in [0.1, 0.15) is 11.6 Å². The first-order valence-electron chi connectivity index (χ1n) is 6.98. The van der Waals surface area contributed by atoms with Crippen molar-refractivity contribution in [3.8, 4) is 0 Å². The van der Waals surface area contributed by atoms with E-state index in [4.69, 9.17) is 5.73 Å². The highest BCUT2D eigenvalue weighted by Crippen LogP contribution is 2.33. The van der Waals surface area contributed by atoms with Gasteiger partial charge in [0.05, 0.1) is 0 Å². The third-order valence-electron chi connectivity index (χ3n) is 3.96. The van der Waals surface area contributed by atoms with Crippen LogP contribution in [0.15, 0.2) is 0 Å². The summed E-state index contributed by atoms with van der Waals surface area (Å²) in [6.45, 7) is 2.16. The Balaban J connectivity index is 2.95. The van der Waals surface area contributed by atoms with E-state index in [9.17, 15) is 19.5 Å². The second-order valence-corrected chi connectivity index (χ2v) is 6.11. The van der Waals surface area contributed by atoms with Gasteiger partial charge in [-0.25, -0.2) is 9.59 Å². The van der Waals surface area contributed by atoms with Gasteiger partial charge in [0.2, 0.25) is 5.91 Å². The van der Waals surface area contributed by atoms with Gasteiger partial charge in [-0.3, -0.25) is 4.79 Å². The summed E-state index contributed by atoms with van der Waals surface area (Å²) >= 11 is 1.55. The largest absolute Gasteiger partial charge is 0.479 e. The Morgan fingerprint density at radius 3 is 2.62 bits per heavy atom. The van der Waals surface area contributed by atoms with Crippen LogP contribution in [0.3, 0.4) is 0 Å². The number of carbonyl (C=O) groups excluding carboxylic acids is 2. The minimum absolute atomic E-state index is 0.347. The van der Waals surface area contributed by atoms with Crippen LogP contribution < -0.4 is 11.1 Å². The molecule has 1 heterocycles. The molecule has 0 aromatic rings. The molecule has 1 rings (SSSR count). The number of thioether (sulfide) groups is 1. The lowest BCUT2D eigenvalue weighted by atomic mass is 9.92. The van der Waals surface area contributed by atoms with Gasteiger partial charge in [-0.2, -0.15) is 11.8 Å². The van der Waals surface area contributed by atoms with Crippen LogP contribution in [-0.2, 0) is 9.59 Å². The summed E-state index contributed by atoms with van der Waals surface area (Å²) in [4.78, 5) is 36.7. The molecule has 0 aromatic carbocycles. The van der Waals surface area contributed by atoms with Gasteiger partial charge >= 0.3 is 12.0 Å². The summed E-state index contributed by atoms with van der Waals surface area (Å²) in [6, 6.07) is -1.54. The molecule has 4 N–H and O–H groups in total. The van der Waals surface area contributed by atoms with Gasteiger partial charge in [0.15, 0.2) is 0 Å². The lowest BCUT2D eigenvalue weighted by molar-refractivity contribution is -0.157. The van der Waals surface area contributed by atoms with Crippen LogP contribution in [0.25, 0.3) is 0 Å². The van der Waals surface area contributed by atoms with Gasteiger partial charge in [0, 0.05) is 6.54 Å². The maximum atomic E-state index is 12.6. The number of likely N-dealkylation sites (tertiary alicyclic amines) is 1. The average molecular weight is 317 g/mol. The monoisotopic (exact) mass is 317 g/mol. The second kappa shape index (κ2) is 7.53. The first kappa shape index (κ1) is 17.6. The summed E-state index contributed by atoms with van der Waals surface area (Å²) in [6.07, 6.45) is 3.77. The molecule has 0 bridgehead atoms. The zero-order valence-electron chi connectivity index (χ0n) is 12.4. The second-order valence-electron chi connectivity index (χ2n) is 5.13. The van der Waals surface area contributed by atoms with Crippen LogP contribution in [0.2, 0.25) is 0 Å². The van der Waals surface area contributed by atoms with Crippen molar-refractivity contribution in [3.63, 3.8) is 0 Å². The van der Waals surface area contributed by atoms with Crippen molar-refractivity contribution in [2.75, 3.05) is 18.6 Å². The minimum Gasteiger partial charge on any atom is -0.479 e. The number of amides is 3. The van der Waals surface area contributed by atoms with Crippen LogP contribution >= 0.6 is 11.8 Å². The van der Waals surface area contributed by atoms with Crippen LogP contribution in [-0.4, -0.2) is 58.0 Å². The van der Waals surface area contributed by atoms with E-state index in [1.807, 2.05) is 6.26 Å². The number of aliphatic carboxylic acids is 1. The van der Waals surface area contributed by atoms with Crippen molar-refractivity contribution in [3.05, 3.63) is 0 Å². The van der Waals surface area contributed by atoms with E-state index in [-0.39, 0.29) is 5.91 Å². The molecule has 0 aliphatic carbocycles. The Hall–Kier alpha value is -1.44. The van der Waals surface area contributed by atoms with Crippen LogP contribution in [0.4, 0.5) is 4.79 Å². The van der Waals surface area contributed by atoms with Gasteiger partial charge in [-0.05, 0) is 37.7 Å². The van der Waals surface area contributed by atoms with Crippen LogP contribution in [0.5, 0.6) is 0 Å². The number of hydrogen-bond donors (Lipinski definition) is 3. The van der Waals surface area contributed by atoms with Crippen molar-refractivity contribution in [2.45, 2.75) is 44.2 Å². The van der Waals surface area contributed by atoms with Gasteiger partial charge in [0.25, 0.3) is 0 Å². The van der Waals surface area contributed by atoms with E-state index in [1.165, 1.54) is 4.90 Å². The molecule has 1 aliphatic heterocycles. The number of hydrogen-bond acceptors (Lipinski definition) is 4. The molecule has 120 valence electrons. The highest BCUT2D eigenvalue weighted by atomic mass is 32.2. The maximum Gasteiger partial charge on any atom is 0.329 e. The Morgan fingerprint density at radius 1 is 1.48 bits per heavy atom. The Labute approximate surface area is 128 Å².